The van der Waals surface area contributed by atoms with E-state index in [1.54, 1.807) is 7.11 Å². The average molecular weight is 260 g/mol. The normalized spacial score (nSPS) is 11.2. The van der Waals surface area contributed by atoms with Crippen LogP contribution in [-0.2, 0) is 4.74 Å². The molecule has 0 aliphatic rings. The van der Waals surface area contributed by atoms with Gasteiger partial charge in [-0.05, 0) is 29.9 Å². The molecule has 0 N–H and O–H groups in total. The first-order chi connectivity index (χ1) is 8.81. The Morgan fingerprint density at radius 3 is 2.78 bits per heavy atom. The number of fused-ring (bicyclic) bond motifs is 3. The third-order valence-corrected chi connectivity index (χ3v) is 3.62. The lowest BCUT2D eigenvalue weighted by molar-refractivity contribution is 0.0493. The summed E-state index contributed by atoms with van der Waals surface area (Å²) >= 11 is 1.39. The molecule has 0 aliphatic heterocycles. The molecule has 4 nitrogen and oxygen atoms in total. The third-order valence-electron chi connectivity index (χ3n) is 2.79. The summed E-state index contributed by atoms with van der Waals surface area (Å²) in [6, 6.07) is 8.06. The van der Waals surface area contributed by atoms with Gasteiger partial charge in [0, 0.05) is 17.9 Å². The van der Waals surface area contributed by atoms with Crippen LogP contribution in [0.3, 0.4) is 0 Å². The van der Waals surface area contributed by atoms with Crippen molar-refractivity contribution in [3.8, 4) is 5.88 Å². The number of aryl methyl sites for hydroxylation is 1. The number of pyridine rings is 1. The zero-order chi connectivity index (χ0) is 12.5. The fourth-order valence-corrected chi connectivity index (χ4v) is 2.80. The number of aromatic nitrogens is 2. The minimum Gasteiger partial charge on any atom is -0.450 e. The number of hydrogen-bond donors (Lipinski definition) is 0. The lowest BCUT2D eigenvalue weighted by Crippen LogP contribution is -2.01. The summed E-state index contributed by atoms with van der Waals surface area (Å²) in [6.45, 7) is 2.20. The van der Waals surface area contributed by atoms with Crippen LogP contribution < -0.4 is 4.74 Å². The smallest absolute Gasteiger partial charge is 0.224 e. The molecular weight excluding hydrogens is 248 g/mol. The van der Waals surface area contributed by atoms with Gasteiger partial charge < -0.3 is 9.47 Å². The Balaban J connectivity index is 2.33. The van der Waals surface area contributed by atoms with Crippen LogP contribution in [0.1, 0.15) is 5.69 Å². The van der Waals surface area contributed by atoms with Gasteiger partial charge in [-0.1, -0.05) is 18.2 Å². The summed E-state index contributed by atoms with van der Waals surface area (Å²) in [5.74, 6) is 0.601. The van der Waals surface area contributed by atoms with E-state index in [0.717, 1.165) is 26.7 Å². The second-order valence-electron chi connectivity index (χ2n) is 3.96. The largest absolute Gasteiger partial charge is 0.450 e. The molecule has 18 heavy (non-hydrogen) atoms. The van der Waals surface area contributed by atoms with Crippen molar-refractivity contribution in [2.75, 3.05) is 13.9 Å². The molecule has 0 saturated carbocycles. The van der Waals surface area contributed by atoms with E-state index in [0.29, 0.717) is 5.88 Å². The van der Waals surface area contributed by atoms with Gasteiger partial charge in [0.05, 0.1) is 5.69 Å². The molecule has 0 atom stereocenters. The second-order valence-corrected chi connectivity index (χ2v) is 4.71. The second kappa shape index (κ2) is 4.51. The monoisotopic (exact) mass is 260 g/mol. The molecule has 0 amide bonds. The van der Waals surface area contributed by atoms with Gasteiger partial charge in [0.25, 0.3) is 0 Å². The van der Waals surface area contributed by atoms with Crippen LogP contribution in [-0.4, -0.2) is 23.3 Å². The van der Waals surface area contributed by atoms with Crippen LogP contribution >= 0.6 is 11.5 Å². The molecular formula is C13H12N2O2S. The molecule has 0 aliphatic carbocycles. The van der Waals surface area contributed by atoms with Gasteiger partial charge in [-0.15, -0.1) is 0 Å². The highest BCUT2D eigenvalue weighted by molar-refractivity contribution is 7.13. The maximum atomic E-state index is 5.53. The van der Waals surface area contributed by atoms with Gasteiger partial charge in [-0.3, -0.25) is 0 Å². The molecule has 1 aromatic carbocycles. The van der Waals surface area contributed by atoms with Crippen molar-refractivity contribution in [2.45, 2.75) is 6.92 Å². The van der Waals surface area contributed by atoms with Gasteiger partial charge in [0.15, 0.2) is 6.79 Å². The van der Waals surface area contributed by atoms with Crippen molar-refractivity contribution in [1.82, 2.24) is 9.36 Å². The molecule has 3 rings (SSSR count). The Labute approximate surface area is 108 Å². The van der Waals surface area contributed by atoms with Crippen LogP contribution in [0.4, 0.5) is 0 Å². The fourth-order valence-electron chi connectivity index (χ4n) is 2.01. The molecule has 0 radical (unpaired) electrons. The summed E-state index contributed by atoms with van der Waals surface area (Å²) in [7, 11) is 1.59. The summed E-state index contributed by atoms with van der Waals surface area (Å²) in [5.41, 5.74) is 1.01. The van der Waals surface area contributed by atoms with E-state index in [9.17, 15) is 0 Å². The van der Waals surface area contributed by atoms with Gasteiger partial charge in [-0.25, -0.2) is 4.98 Å². The van der Waals surface area contributed by atoms with Crippen molar-refractivity contribution in [3.63, 3.8) is 0 Å². The Morgan fingerprint density at radius 1 is 1.22 bits per heavy atom. The zero-order valence-corrected chi connectivity index (χ0v) is 11.0. The molecule has 0 saturated heterocycles. The Morgan fingerprint density at radius 2 is 2.00 bits per heavy atom. The number of ether oxygens (including phenoxy) is 2. The third kappa shape index (κ3) is 1.72. The van der Waals surface area contributed by atoms with Crippen molar-refractivity contribution < 1.29 is 9.47 Å². The van der Waals surface area contributed by atoms with Gasteiger partial charge in [0.2, 0.25) is 5.88 Å². The molecule has 5 heteroatoms. The topological polar surface area (TPSA) is 44.2 Å². The Kier molecular flexibility index (Phi) is 2.85. The van der Waals surface area contributed by atoms with Gasteiger partial charge in [-0.2, -0.15) is 4.37 Å². The number of rotatable bonds is 3. The maximum Gasteiger partial charge on any atom is 0.224 e. The summed E-state index contributed by atoms with van der Waals surface area (Å²) < 4.78 is 14.8. The molecule has 0 fully saturated rings. The van der Waals surface area contributed by atoms with Crippen LogP contribution in [0, 0.1) is 6.92 Å². The van der Waals surface area contributed by atoms with Crippen LogP contribution in [0.25, 0.3) is 21.0 Å². The van der Waals surface area contributed by atoms with Crippen LogP contribution in [0.15, 0.2) is 24.3 Å². The van der Waals surface area contributed by atoms with Crippen molar-refractivity contribution in [2.24, 2.45) is 0 Å². The standard InChI is InChI=1S/C13H12N2O2S/c1-8-11-9-5-3-4-6-10(9)12(17-7-16-2)14-13(11)18-15-8/h3-6H,7H2,1-2H3. The lowest BCUT2D eigenvalue weighted by atomic mass is 10.1. The number of benzene rings is 1. The van der Waals surface area contributed by atoms with Crippen LogP contribution in [0.2, 0.25) is 0 Å². The molecule has 3 aromatic rings. The number of nitrogens with zero attached hydrogens (tertiary/aromatic N) is 2. The van der Waals surface area contributed by atoms with E-state index in [-0.39, 0.29) is 6.79 Å². The Hall–Kier alpha value is -1.72. The quantitative estimate of drug-likeness (QED) is 0.679. The van der Waals surface area contributed by atoms with E-state index in [1.165, 1.54) is 11.5 Å². The molecule has 0 spiro atoms. The molecule has 2 aromatic heterocycles. The predicted molar refractivity (Wildman–Crippen MR) is 72.2 cm³/mol. The van der Waals surface area contributed by atoms with Crippen molar-refractivity contribution in [3.05, 3.63) is 30.0 Å². The Bertz CT molecular complexity index is 709. The minimum absolute atomic E-state index is 0.195. The summed E-state index contributed by atoms with van der Waals surface area (Å²) in [4.78, 5) is 5.42. The van der Waals surface area contributed by atoms with E-state index in [1.807, 2.05) is 25.1 Å². The zero-order valence-electron chi connectivity index (χ0n) is 10.1. The predicted octanol–water partition coefficient (Wildman–Crippen LogP) is 3.14. The van der Waals surface area contributed by atoms with Gasteiger partial charge in [0.1, 0.15) is 4.83 Å². The lowest BCUT2D eigenvalue weighted by Gasteiger charge is -2.08. The number of methoxy groups -OCH3 is 1. The minimum atomic E-state index is 0.195. The highest BCUT2D eigenvalue weighted by Gasteiger charge is 2.13. The fraction of sp³-hybridized carbons (Fsp3) is 0.231. The molecule has 92 valence electrons. The maximum absolute atomic E-state index is 5.53. The average Bonchev–Trinajstić information content (AvgIpc) is 2.78. The first-order valence-corrected chi connectivity index (χ1v) is 6.35. The van der Waals surface area contributed by atoms with Crippen molar-refractivity contribution in [1.29, 1.82) is 0 Å². The molecule has 0 unspecified atom stereocenters. The highest BCUT2D eigenvalue weighted by Crippen LogP contribution is 2.33. The van der Waals surface area contributed by atoms with E-state index in [4.69, 9.17) is 9.47 Å². The van der Waals surface area contributed by atoms with E-state index in [2.05, 4.69) is 15.4 Å². The van der Waals surface area contributed by atoms with Gasteiger partial charge >= 0.3 is 0 Å². The summed E-state index contributed by atoms with van der Waals surface area (Å²) in [5, 5.41) is 3.23. The molecule has 0 bridgehead atoms. The van der Waals surface area contributed by atoms with Crippen molar-refractivity contribution >= 4 is 32.5 Å². The van der Waals surface area contributed by atoms with E-state index >= 15 is 0 Å². The van der Waals surface area contributed by atoms with Crippen LogP contribution in [0.5, 0.6) is 5.88 Å². The number of hydrogen-bond acceptors (Lipinski definition) is 5. The highest BCUT2D eigenvalue weighted by atomic mass is 32.1. The van der Waals surface area contributed by atoms with E-state index < -0.39 is 0 Å². The first kappa shape index (κ1) is 11.4. The SMILES string of the molecule is COCOc1nc2snc(C)c2c2ccccc12. The summed E-state index contributed by atoms with van der Waals surface area (Å²) in [6.07, 6.45) is 0. The first-order valence-electron chi connectivity index (χ1n) is 5.57. The molecule has 2 heterocycles.